The minimum atomic E-state index is 0.214. The SMILES string of the molecule is C1=Cc2nnccc2C(c2c3ccccc3c(-c3ccc(-c4nc5ccccc5o4)cc3)c3ccccc23)C1. The molecule has 0 amide bonds. The van der Waals surface area contributed by atoms with Gasteiger partial charge in [0.1, 0.15) is 5.52 Å². The predicted molar refractivity (Wildman–Crippen MR) is 157 cm³/mol. The van der Waals surface area contributed by atoms with Crippen molar-refractivity contribution in [1.29, 1.82) is 0 Å². The molecule has 0 spiro atoms. The number of fused-ring (bicyclic) bond motifs is 4. The topological polar surface area (TPSA) is 51.8 Å². The van der Waals surface area contributed by atoms with Crippen molar-refractivity contribution in [3.8, 4) is 22.6 Å². The van der Waals surface area contributed by atoms with Crippen LogP contribution in [-0.4, -0.2) is 15.2 Å². The zero-order chi connectivity index (χ0) is 25.8. The van der Waals surface area contributed by atoms with E-state index in [0.717, 1.165) is 28.8 Å². The third-order valence-electron chi connectivity index (χ3n) is 7.84. The number of rotatable bonds is 3. The molecule has 1 aliphatic rings. The van der Waals surface area contributed by atoms with Crippen LogP contribution >= 0.6 is 0 Å². The molecular formula is C35H23N3O. The average molecular weight is 502 g/mol. The first kappa shape index (κ1) is 21.9. The summed E-state index contributed by atoms with van der Waals surface area (Å²) >= 11 is 0. The first-order valence-electron chi connectivity index (χ1n) is 13.2. The molecule has 1 unspecified atom stereocenters. The lowest BCUT2D eigenvalue weighted by atomic mass is 9.78. The van der Waals surface area contributed by atoms with Crippen LogP contribution in [0.2, 0.25) is 0 Å². The minimum Gasteiger partial charge on any atom is -0.436 e. The van der Waals surface area contributed by atoms with Crippen molar-refractivity contribution in [2.24, 2.45) is 0 Å². The molecule has 2 heterocycles. The molecule has 184 valence electrons. The van der Waals surface area contributed by atoms with Gasteiger partial charge in [0.05, 0.1) is 5.69 Å². The second kappa shape index (κ2) is 8.74. The van der Waals surface area contributed by atoms with Gasteiger partial charge in [0.2, 0.25) is 5.89 Å². The quantitative estimate of drug-likeness (QED) is 0.227. The van der Waals surface area contributed by atoms with Crippen LogP contribution in [-0.2, 0) is 0 Å². The predicted octanol–water partition coefficient (Wildman–Crippen LogP) is 8.81. The largest absolute Gasteiger partial charge is 0.436 e. The number of oxazole rings is 1. The van der Waals surface area contributed by atoms with Gasteiger partial charge in [-0.2, -0.15) is 10.2 Å². The number of allylic oxidation sites excluding steroid dienone is 1. The summed E-state index contributed by atoms with van der Waals surface area (Å²) in [7, 11) is 0. The van der Waals surface area contributed by atoms with Crippen molar-refractivity contribution in [3.05, 3.63) is 132 Å². The van der Waals surface area contributed by atoms with Gasteiger partial charge < -0.3 is 4.42 Å². The van der Waals surface area contributed by atoms with Crippen LogP contribution in [0.1, 0.15) is 29.2 Å². The van der Waals surface area contributed by atoms with E-state index in [9.17, 15) is 0 Å². The Balaban J connectivity index is 1.34. The summed E-state index contributed by atoms with van der Waals surface area (Å²) in [5.41, 5.74) is 8.60. The molecule has 1 aliphatic carbocycles. The molecule has 4 heteroatoms. The van der Waals surface area contributed by atoms with E-state index in [-0.39, 0.29) is 5.92 Å². The van der Waals surface area contributed by atoms with Gasteiger partial charge in [-0.05, 0) is 86.6 Å². The standard InChI is InChI=1S/C35H23N3O/c1-3-10-28-26(8-1)33(22-16-18-23(19-17-22)35-37-31-13-5-6-15-32(31)39-35)27-9-2-4-11-29(27)34(28)25-12-7-14-30-24(25)20-21-36-38-30/h1-11,13-21,25H,12H2. The van der Waals surface area contributed by atoms with Gasteiger partial charge in [0, 0.05) is 17.7 Å². The highest BCUT2D eigenvalue weighted by Gasteiger charge is 2.25. The van der Waals surface area contributed by atoms with E-state index in [4.69, 9.17) is 4.42 Å². The molecule has 0 saturated carbocycles. The van der Waals surface area contributed by atoms with Gasteiger partial charge in [0.15, 0.2) is 5.58 Å². The summed E-state index contributed by atoms with van der Waals surface area (Å²) in [5.74, 6) is 0.853. The monoisotopic (exact) mass is 501 g/mol. The molecule has 5 aromatic carbocycles. The summed E-state index contributed by atoms with van der Waals surface area (Å²) in [4.78, 5) is 4.69. The van der Waals surface area contributed by atoms with Crippen molar-refractivity contribution in [2.45, 2.75) is 12.3 Å². The lowest BCUT2D eigenvalue weighted by molar-refractivity contribution is 0.620. The smallest absolute Gasteiger partial charge is 0.227 e. The van der Waals surface area contributed by atoms with Crippen LogP contribution in [0.25, 0.3) is 61.3 Å². The molecule has 0 N–H and O–H groups in total. The molecule has 8 rings (SSSR count). The van der Waals surface area contributed by atoms with Gasteiger partial charge in [-0.15, -0.1) is 0 Å². The number of benzene rings is 5. The Hall–Kier alpha value is -5.09. The normalized spacial score (nSPS) is 14.7. The Labute approximate surface area is 225 Å². The Morgan fingerprint density at radius 1 is 0.667 bits per heavy atom. The van der Waals surface area contributed by atoms with Crippen molar-refractivity contribution >= 4 is 38.7 Å². The van der Waals surface area contributed by atoms with Crippen LogP contribution in [0.4, 0.5) is 0 Å². The number of aromatic nitrogens is 3. The van der Waals surface area contributed by atoms with E-state index in [1.807, 2.05) is 30.5 Å². The third-order valence-corrected chi connectivity index (χ3v) is 7.84. The van der Waals surface area contributed by atoms with Crippen LogP contribution in [0.5, 0.6) is 0 Å². The number of hydrogen-bond donors (Lipinski definition) is 0. The highest BCUT2D eigenvalue weighted by Crippen LogP contribution is 2.46. The maximum Gasteiger partial charge on any atom is 0.227 e. The second-order valence-electron chi connectivity index (χ2n) is 10.0. The van der Waals surface area contributed by atoms with E-state index in [1.165, 1.54) is 43.8 Å². The van der Waals surface area contributed by atoms with Crippen LogP contribution < -0.4 is 0 Å². The minimum absolute atomic E-state index is 0.214. The second-order valence-corrected chi connectivity index (χ2v) is 10.0. The molecule has 4 nitrogen and oxygen atoms in total. The van der Waals surface area contributed by atoms with Crippen molar-refractivity contribution < 1.29 is 4.42 Å². The molecular weight excluding hydrogens is 478 g/mol. The lowest BCUT2D eigenvalue weighted by Crippen LogP contribution is -2.09. The first-order chi connectivity index (χ1) is 19.3. The summed E-state index contributed by atoms with van der Waals surface area (Å²) < 4.78 is 6.03. The van der Waals surface area contributed by atoms with E-state index < -0.39 is 0 Å². The molecule has 1 atom stereocenters. The van der Waals surface area contributed by atoms with Gasteiger partial charge in [-0.1, -0.05) is 78.9 Å². The maximum atomic E-state index is 6.03. The zero-order valence-electron chi connectivity index (χ0n) is 21.1. The van der Waals surface area contributed by atoms with E-state index in [1.54, 1.807) is 0 Å². The van der Waals surface area contributed by atoms with Crippen LogP contribution in [0, 0.1) is 0 Å². The summed E-state index contributed by atoms with van der Waals surface area (Å²) in [5, 5.41) is 13.6. The molecule has 2 aromatic heterocycles. The summed E-state index contributed by atoms with van der Waals surface area (Å²) in [6, 6.07) is 36.2. The van der Waals surface area contributed by atoms with E-state index in [0.29, 0.717) is 5.89 Å². The number of para-hydroxylation sites is 2. The van der Waals surface area contributed by atoms with E-state index >= 15 is 0 Å². The average Bonchev–Trinajstić information content (AvgIpc) is 3.44. The fourth-order valence-electron chi connectivity index (χ4n) is 6.12. The van der Waals surface area contributed by atoms with Crippen molar-refractivity contribution in [3.63, 3.8) is 0 Å². The molecule has 0 fully saturated rings. The molecule has 0 aliphatic heterocycles. The van der Waals surface area contributed by atoms with Crippen molar-refractivity contribution in [2.75, 3.05) is 0 Å². The van der Waals surface area contributed by atoms with Crippen LogP contribution in [0.15, 0.2) is 120 Å². The highest BCUT2D eigenvalue weighted by molar-refractivity contribution is 6.15. The molecule has 0 bridgehead atoms. The Morgan fingerprint density at radius 2 is 1.33 bits per heavy atom. The Morgan fingerprint density at radius 3 is 2.08 bits per heavy atom. The third kappa shape index (κ3) is 3.49. The molecule has 0 radical (unpaired) electrons. The van der Waals surface area contributed by atoms with Gasteiger partial charge in [-0.25, -0.2) is 4.98 Å². The zero-order valence-corrected chi connectivity index (χ0v) is 21.1. The van der Waals surface area contributed by atoms with Crippen molar-refractivity contribution in [1.82, 2.24) is 15.2 Å². The van der Waals surface area contributed by atoms with Crippen LogP contribution in [0.3, 0.4) is 0 Å². The van der Waals surface area contributed by atoms with Gasteiger partial charge in [0.25, 0.3) is 0 Å². The maximum absolute atomic E-state index is 6.03. The molecule has 0 saturated heterocycles. The lowest BCUT2D eigenvalue weighted by Gasteiger charge is -2.26. The Kier molecular flexibility index (Phi) is 4.92. The molecule has 7 aromatic rings. The number of nitrogens with zero attached hydrogens (tertiary/aromatic N) is 3. The van der Waals surface area contributed by atoms with E-state index in [2.05, 4.69) is 106 Å². The summed E-state index contributed by atoms with van der Waals surface area (Å²) in [6.45, 7) is 0. The fraction of sp³-hybridized carbons (Fsp3) is 0.0571. The molecule has 39 heavy (non-hydrogen) atoms. The van der Waals surface area contributed by atoms with Gasteiger partial charge in [-0.3, -0.25) is 0 Å². The Bertz CT molecular complexity index is 1960. The number of hydrogen-bond acceptors (Lipinski definition) is 4. The fourth-order valence-corrected chi connectivity index (χ4v) is 6.12. The van der Waals surface area contributed by atoms with Gasteiger partial charge >= 0.3 is 0 Å². The highest BCUT2D eigenvalue weighted by atomic mass is 16.3. The summed E-state index contributed by atoms with van der Waals surface area (Å²) in [6.07, 6.45) is 7.06. The first-order valence-corrected chi connectivity index (χ1v) is 13.2.